The van der Waals surface area contributed by atoms with Crippen LogP contribution in [0, 0.1) is 0 Å². The van der Waals surface area contributed by atoms with Gasteiger partial charge in [-0.3, -0.25) is 14.6 Å². The van der Waals surface area contributed by atoms with Crippen LogP contribution < -0.4 is 21.5 Å². The summed E-state index contributed by atoms with van der Waals surface area (Å²) in [5.74, 6) is -0.335. The van der Waals surface area contributed by atoms with Crippen LogP contribution in [0.4, 0.5) is 5.69 Å². The molecule has 2 heterocycles. The average molecular weight is 420 g/mol. The lowest BCUT2D eigenvalue weighted by Crippen LogP contribution is -2.33. The number of allylic oxidation sites excluding steroid dienone is 1. The lowest BCUT2D eigenvalue weighted by atomic mass is 10.0. The van der Waals surface area contributed by atoms with Crippen molar-refractivity contribution in [3.8, 4) is 11.1 Å². The Morgan fingerprint density at radius 1 is 1.13 bits per heavy atom. The van der Waals surface area contributed by atoms with Crippen LogP contribution in [-0.4, -0.2) is 29.8 Å². The standard InChI is InChI=1S/C24H29N5O2/c1-4-17-7-6-8-19(10-17)20-11-21(24(26-14-20)22(30)5-2)28-23(31)15-25-12-18-9-16(3)29-27-13-18/h6-11,13-14,25,27,29H,4-5,12,15H2,1-3H3,(H,28,31). The molecule has 1 aliphatic heterocycles. The molecule has 0 fully saturated rings. The van der Waals surface area contributed by atoms with Crippen LogP contribution in [0.5, 0.6) is 0 Å². The minimum atomic E-state index is -0.227. The van der Waals surface area contributed by atoms with Crippen LogP contribution >= 0.6 is 0 Å². The highest BCUT2D eigenvalue weighted by atomic mass is 16.2. The van der Waals surface area contributed by atoms with Crippen molar-refractivity contribution in [2.45, 2.75) is 33.6 Å². The Hall–Kier alpha value is -3.45. The molecule has 7 heteroatoms. The van der Waals surface area contributed by atoms with E-state index in [0.717, 1.165) is 28.8 Å². The molecule has 0 aliphatic carbocycles. The van der Waals surface area contributed by atoms with Crippen LogP contribution in [0.25, 0.3) is 11.1 Å². The van der Waals surface area contributed by atoms with Gasteiger partial charge in [-0.2, -0.15) is 0 Å². The molecule has 0 radical (unpaired) electrons. The fourth-order valence-electron chi connectivity index (χ4n) is 3.29. The van der Waals surface area contributed by atoms with Crippen LogP contribution in [0.2, 0.25) is 0 Å². The number of aryl methyl sites for hydroxylation is 1. The van der Waals surface area contributed by atoms with Crippen molar-refractivity contribution in [1.29, 1.82) is 0 Å². The van der Waals surface area contributed by atoms with E-state index in [1.165, 1.54) is 5.56 Å². The van der Waals surface area contributed by atoms with Gasteiger partial charge in [0.25, 0.3) is 0 Å². The van der Waals surface area contributed by atoms with Crippen LogP contribution in [0.3, 0.4) is 0 Å². The molecule has 1 amide bonds. The fraction of sp³-hybridized carbons (Fsp3) is 0.292. The number of aromatic nitrogens is 1. The molecule has 3 rings (SSSR count). The minimum Gasteiger partial charge on any atom is -0.323 e. The van der Waals surface area contributed by atoms with Crippen molar-refractivity contribution < 1.29 is 9.59 Å². The quantitative estimate of drug-likeness (QED) is 0.466. The van der Waals surface area contributed by atoms with E-state index in [0.29, 0.717) is 18.7 Å². The Labute approximate surface area is 183 Å². The molecule has 2 aromatic rings. The molecule has 0 saturated carbocycles. The molecular formula is C24H29N5O2. The monoisotopic (exact) mass is 419 g/mol. The molecule has 0 saturated heterocycles. The topological polar surface area (TPSA) is 95.2 Å². The van der Waals surface area contributed by atoms with Crippen LogP contribution in [-0.2, 0) is 11.2 Å². The summed E-state index contributed by atoms with van der Waals surface area (Å²) in [4.78, 5) is 29.3. The molecule has 1 aromatic heterocycles. The van der Waals surface area contributed by atoms with E-state index in [4.69, 9.17) is 0 Å². The summed E-state index contributed by atoms with van der Waals surface area (Å²) in [6.07, 6.45) is 6.78. The molecule has 0 spiro atoms. The third-order valence-electron chi connectivity index (χ3n) is 4.96. The number of benzene rings is 1. The van der Waals surface area contributed by atoms with Gasteiger partial charge in [-0.15, -0.1) is 0 Å². The van der Waals surface area contributed by atoms with Gasteiger partial charge >= 0.3 is 0 Å². The van der Waals surface area contributed by atoms with Crippen LogP contribution in [0.15, 0.2) is 60.1 Å². The van der Waals surface area contributed by atoms with E-state index in [1.54, 1.807) is 13.1 Å². The zero-order valence-electron chi connectivity index (χ0n) is 18.2. The van der Waals surface area contributed by atoms with Gasteiger partial charge in [0.15, 0.2) is 5.78 Å². The number of nitrogens with one attached hydrogen (secondary N) is 4. The number of hydrogen-bond donors (Lipinski definition) is 4. The Morgan fingerprint density at radius 2 is 1.97 bits per heavy atom. The van der Waals surface area contributed by atoms with E-state index in [9.17, 15) is 9.59 Å². The van der Waals surface area contributed by atoms with Crippen molar-refractivity contribution in [3.63, 3.8) is 0 Å². The van der Waals surface area contributed by atoms with Gasteiger partial charge in [0.1, 0.15) is 5.69 Å². The zero-order valence-corrected chi connectivity index (χ0v) is 18.2. The van der Waals surface area contributed by atoms with E-state index in [2.05, 4.69) is 45.5 Å². The molecule has 162 valence electrons. The lowest BCUT2D eigenvalue weighted by Gasteiger charge is -2.15. The number of amides is 1. The number of ketones is 1. The maximum atomic E-state index is 12.6. The maximum Gasteiger partial charge on any atom is 0.238 e. The fourth-order valence-corrected chi connectivity index (χ4v) is 3.29. The second kappa shape index (κ2) is 10.5. The van der Waals surface area contributed by atoms with Crippen molar-refractivity contribution in [1.82, 2.24) is 21.2 Å². The van der Waals surface area contributed by atoms with Crippen LogP contribution in [0.1, 0.15) is 43.2 Å². The number of carbonyl (C=O) groups is 2. The lowest BCUT2D eigenvalue weighted by molar-refractivity contribution is -0.115. The highest BCUT2D eigenvalue weighted by Gasteiger charge is 2.15. The third kappa shape index (κ3) is 6.02. The Balaban J connectivity index is 1.73. The van der Waals surface area contributed by atoms with Crippen molar-refractivity contribution in [2.75, 3.05) is 18.4 Å². The summed E-state index contributed by atoms with van der Waals surface area (Å²) in [5.41, 5.74) is 11.8. The van der Waals surface area contributed by atoms with Gasteiger partial charge < -0.3 is 21.5 Å². The van der Waals surface area contributed by atoms with E-state index in [-0.39, 0.29) is 23.9 Å². The molecule has 0 unspecified atom stereocenters. The predicted octanol–water partition coefficient (Wildman–Crippen LogP) is 3.33. The number of rotatable bonds is 9. The Morgan fingerprint density at radius 3 is 2.71 bits per heavy atom. The molecule has 7 nitrogen and oxygen atoms in total. The SMILES string of the molecule is CCC(=O)c1ncc(-c2cccc(CC)c2)cc1NC(=O)CNCC1=CNNC(C)=C1. The predicted molar refractivity (Wildman–Crippen MR) is 123 cm³/mol. The number of pyridine rings is 1. The average Bonchev–Trinajstić information content (AvgIpc) is 2.78. The highest BCUT2D eigenvalue weighted by Crippen LogP contribution is 2.26. The van der Waals surface area contributed by atoms with Gasteiger partial charge in [0, 0.05) is 36.6 Å². The van der Waals surface area contributed by atoms with Gasteiger partial charge in [-0.05, 0) is 42.2 Å². The number of carbonyl (C=O) groups excluding carboxylic acids is 2. The van der Waals surface area contributed by atoms with E-state index < -0.39 is 0 Å². The minimum absolute atomic E-state index is 0.108. The summed E-state index contributed by atoms with van der Waals surface area (Å²) in [6, 6.07) is 10.0. The smallest absolute Gasteiger partial charge is 0.238 e. The second-order valence-electron chi connectivity index (χ2n) is 7.42. The maximum absolute atomic E-state index is 12.6. The summed E-state index contributed by atoms with van der Waals surface area (Å²) in [5, 5.41) is 5.99. The molecule has 1 aliphatic rings. The first-order valence-corrected chi connectivity index (χ1v) is 10.5. The van der Waals surface area contributed by atoms with E-state index >= 15 is 0 Å². The van der Waals surface area contributed by atoms with Gasteiger partial charge in [-0.1, -0.05) is 38.1 Å². The van der Waals surface area contributed by atoms with Crippen molar-refractivity contribution in [3.05, 3.63) is 71.3 Å². The highest BCUT2D eigenvalue weighted by molar-refractivity contribution is 6.04. The van der Waals surface area contributed by atoms with Gasteiger partial charge in [-0.25, -0.2) is 0 Å². The largest absolute Gasteiger partial charge is 0.323 e. The summed E-state index contributed by atoms with van der Waals surface area (Å²) in [6.45, 7) is 6.50. The molecule has 0 bridgehead atoms. The summed E-state index contributed by atoms with van der Waals surface area (Å²) < 4.78 is 0. The number of hydrazine groups is 1. The zero-order chi connectivity index (χ0) is 22.2. The first kappa shape index (κ1) is 22.2. The first-order valence-electron chi connectivity index (χ1n) is 10.5. The molecular weight excluding hydrogens is 390 g/mol. The number of hydrogen-bond acceptors (Lipinski definition) is 6. The molecule has 31 heavy (non-hydrogen) atoms. The van der Waals surface area contributed by atoms with E-state index in [1.807, 2.05) is 37.4 Å². The first-order chi connectivity index (χ1) is 15.0. The number of Topliss-reactive ketones (excluding diaryl/α,β-unsaturated/α-hetero) is 1. The Kier molecular flexibility index (Phi) is 7.56. The third-order valence-corrected chi connectivity index (χ3v) is 4.96. The molecule has 1 aromatic carbocycles. The number of anilines is 1. The van der Waals surface area contributed by atoms with Crippen molar-refractivity contribution in [2.24, 2.45) is 0 Å². The molecule has 4 N–H and O–H groups in total. The Bertz CT molecular complexity index is 1030. The van der Waals surface area contributed by atoms with Gasteiger partial charge in [0.05, 0.1) is 12.2 Å². The summed E-state index contributed by atoms with van der Waals surface area (Å²) in [7, 11) is 0. The summed E-state index contributed by atoms with van der Waals surface area (Å²) >= 11 is 0. The molecule has 0 atom stereocenters. The number of nitrogens with zero attached hydrogens (tertiary/aromatic N) is 1. The second-order valence-corrected chi connectivity index (χ2v) is 7.42. The normalized spacial score (nSPS) is 12.9. The van der Waals surface area contributed by atoms with Gasteiger partial charge in [0.2, 0.25) is 5.91 Å². The van der Waals surface area contributed by atoms with Crippen molar-refractivity contribution >= 4 is 17.4 Å².